The highest BCUT2D eigenvalue weighted by Crippen LogP contribution is 2.36. The number of nitriles is 1. The first-order valence-electron chi connectivity index (χ1n) is 7.69. The minimum absolute atomic E-state index is 0.0253. The third kappa shape index (κ3) is 2.27. The Balaban J connectivity index is 2.00. The summed E-state index contributed by atoms with van der Waals surface area (Å²) in [4.78, 5) is 4.05. The number of nitrogens with zero attached hydrogens (tertiary/aromatic N) is 4. The Labute approximate surface area is 138 Å². The van der Waals surface area contributed by atoms with Crippen LogP contribution in [0.2, 0.25) is 0 Å². The summed E-state index contributed by atoms with van der Waals surface area (Å²) in [5.41, 5.74) is 3.78. The highest BCUT2D eigenvalue weighted by molar-refractivity contribution is 5.83. The maximum Gasteiger partial charge on any atom is 0.150 e. The predicted octanol–water partition coefficient (Wildman–Crippen LogP) is 2.73. The smallest absolute Gasteiger partial charge is 0.150 e. The zero-order chi connectivity index (χ0) is 16.5. The lowest BCUT2D eigenvalue weighted by molar-refractivity contribution is 0.477. The fourth-order valence-electron chi connectivity index (χ4n) is 3.06. The second-order valence-corrected chi connectivity index (χ2v) is 5.59. The van der Waals surface area contributed by atoms with Crippen LogP contribution in [0.25, 0.3) is 22.4 Å². The molecule has 5 nitrogen and oxygen atoms in total. The van der Waals surface area contributed by atoms with E-state index in [4.69, 9.17) is 5.26 Å². The molecule has 1 aromatic carbocycles. The summed E-state index contributed by atoms with van der Waals surface area (Å²) >= 11 is 0. The molecule has 1 aliphatic rings. The van der Waals surface area contributed by atoms with Crippen molar-refractivity contribution in [2.24, 2.45) is 0 Å². The van der Waals surface area contributed by atoms with Gasteiger partial charge in [0.1, 0.15) is 17.6 Å². The van der Waals surface area contributed by atoms with Crippen molar-refractivity contribution in [2.75, 3.05) is 6.54 Å². The van der Waals surface area contributed by atoms with Crippen LogP contribution in [0, 0.1) is 17.1 Å². The Morgan fingerprint density at radius 3 is 2.83 bits per heavy atom. The molecule has 0 saturated carbocycles. The fraction of sp³-hybridized carbons (Fsp3) is 0.167. The summed E-state index contributed by atoms with van der Waals surface area (Å²) in [7, 11) is 0. The van der Waals surface area contributed by atoms with E-state index >= 15 is 0 Å². The molecule has 3 heterocycles. The average Bonchev–Trinajstić information content (AvgIpc) is 3.02. The third-order valence-corrected chi connectivity index (χ3v) is 4.19. The molecule has 2 aromatic heterocycles. The molecular formula is C18H14FN5. The number of rotatable bonds is 2. The van der Waals surface area contributed by atoms with Gasteiger partial charge in [-0.2, -0.15) is 10.4 Å². The van der Waals surface area contributed by atoms with Gasteiger partial charge in [0, 0.05) is 36.6 Å². The Morgan fingerprint density at radius 1 is 1.21 bits per heavy atom. The molecule has 0 aliphatic carbocycles. The van der Waals surface area contributed by atoms with Crippen LogP contribution in [0.4, 0.5) is 4.39 Å². The van der Waals surface area contributed by atoms with Gasteiger partial charge in [-0.3, -0.25) is 9.67 Å². The maximum absolute atomic E-state index is 14.7. The topological polar surface area (TPSA) is 66.5 Å². The van der Waals surface area contributed by atoms with E-state index in [1.165, 1.54) is 6.07 Å². The number of aromatic nitrogens is 3. The lowest BCUT2D eigenvalue weighted by Gasteiger charge is -2.16. The number of hydrogen-bond acceptors (Lipinski definition) is 4. The van der Waals surface area contributed by atoms with Crippen LogP contribution >= 0.6 is 0 Å². The Bertz CT molecular complexity index is 940. The van der Waals surface area contributed by atoms with E-state index in [0.717, 1.165) is 29.9 Å². The van der Waals surface area contributed by atoms with E-state index in [9.17, 15) is 4.39 Å². The lowest BCUT2D eigenvalue weighted by Crippen LogP contribution is -2.28. The minimum atomic E-state index is -0.529. The molecule has 0 atom stereocenters. The van der Waals surface area contributed by atoms with Crippen LogP contribution in [-0.4, -0.2) is 21.3 Å². The molecule has 1 N–H and O–H groups in total. The van der Waals surface area contributed by atoms with Crippen molar-refractivity contribution in [1.82, 2.24) is 20.1 Å². The van der Waals surface area contributed by atoms with E-state index in [1.807, 2.05) is 22.9 Å². The molecule has 0 spiro atoms. The van der Waals surface area contributed by atoms with Gasteiger partial charge >= 0.3 is 0 Å². The van der Waals surface area contributed by atoms with Gasteiger partial charge in [0.05, 0.1) is 17.8 Å². The van der Waals surface area contributed by atoms with Crippen molar-refractivity contribution in [3.05, 3.63) is 59.8 Å². The predicted molar refractivity (Wildman–Crippen MR) is 87.3 cm³/mol. The Hall–Kier alpha value is -3.04. The second kappa shape index (κ2) is 5.87. The largest absolute Gasteiger partial charge is 0.309 e. The molecule has 0 radical (unpaired) electrons. The molecule has 3 aromatic rings. The molecule has 24 heavy (non-hydrogen) atoms. The highest BCUT2D eigenvalue weighted by atomic mass is 19.1. The molecule has 4 rings (SSSR count). The summed E-state index contributed by atoms with van der Waals surface area (Å²) in [5, 5.41) is 17.1. The van der Waals surface area contributed by atoms with E-state index in [0.29, 0.717) is 17.8 Å². The van der Waals surface area contributed by atoms with Crippen molar-refractivity contribution in [3.8, 4) is 28.5 Å². The standard InChI is InChI=1S/C18H14FN5/c19-17-13(10-20)2-1-3-14(17)18-16(12-4-6-21-7-5-12)15-11-22-8-9-24(15)23-18/h1-7,22H,8-9,11H2. The van der Waals surface area contributed by atoms with Gasteiger partial charge in [-0.1, -0.05) is 6.07 Å². The molecule has 0 bridgehead atoms. The van der Waals surface area contributed by atoms with Gasteiger partial charge in [0.2, 0.25) is 0 Å². The molecule has 0 saturated heterocycles. The van der Waals surface area contributed by atoms with E-state index in [1.54, 1.807) is 24.5 Å². The normalized spacial score (nSPS) is 13.3. The quantitative estimate of drug-likeness (QED) is 0.789. The first-order valence-corrected chi connectivity index (χ1v) is 7.69. The van der Waals surface area contributed by atoms with Crippen LogP contribution in [-0.2, 0) is 13.1 Å². The van der Waals surface area contributed by atoms with Crippen LogP contribution < -0.4 is 5.32 Å². The molecule has 0 fully saturated rings. The van der Waals surface area contributed by atoms with E-state index in [-0.39, 0.29) is 5.56 Å². The monoisotopic (exact) mass is 319 g/mol. The minimum Gasteiger partial charge on any atom is -0.309 e. The average molecular weight is 319 g/mol. The Morgan fingerprint density at radius 2 is 2.04 bits per heavy atom. The molecular weight excluding hydrogens is 305 g/mol. The van der Waals surface area contributed by atoms with Crippen molar-refractivity contribution >= 4 is 0 Å². The SMILES string of the molecule is N#Cc1cccc(-c2nn3c(c2-c2ccncc2)CNCC3)c1F. The van der Waals surface area contributed by atoms with Crippen LogP contribution in [0.5, 0.6) is 0 Å². The number of halogens is 1. The molecule has 0 amide bonds. The van der Waals surface area contributed by atoms with Crippen molar-refractivity contribution < 1.29 is 4.39 Å². The van der Waals surface area contributed by atoms with Crippen molar-refractivity contribution in [1.29, 1.82) is 5.26 Å². The van der Waals surface area contributed by atoms with Crippen LogP contribution in [0.1, 0.15) is 11.3 Å². The number of fused-ring (bicyclic) bond motifs is 1. The van der Waals surface area contributed by atoms with E-state index < -0.39 is 5.82 Å². The molecule has 118 valence electrons. The zero-order valence-electron chi connectivity index (χ0n) is 12.8. The van der Waals surface area contributed by atoms with Gasteiger partial charge in [0.15, 0.2) is 0 Å². The highest BCUT2D eigenvalue weighted by Gasteiger charge is 2.24. The summed E-state index contributed by atoms with van der Waals surface area (Å²) in [6.07, 6.45) is 3.42. The third-order valence-electron chi connectivity index (χ3n) is 4.19. The van der Waals surface area contributed by atoms with Crippen molar-refractivity contribution in [3.63, 3.8) is 0 Å². The number of nitrogens with one attached hydrogen (secondary N) is 1. The zero-order valence-corrected chi connectivity index (χ0v) is 12.8. The first kappa shape index (κ1) is 14.5. The summed E-state index contributed by atoms with van der Waals surface area (Å²) in [6.45, 7) is 2.22. The van der Waals surface area contributed by atoms with E-state index in [2.05, 4.69) is 15.4 Å². The Kier molecular flexibility index (Phi) is 3.56. The van der Waals surface area contributed by atoms with Gasteiger partial charge in [-0.05, 0) is 29.8 Å². The lowest BCUT2D eigenvalue weighted by atomic mass is 9.98. The van der Waals surface area contributed by atoms with Gasteiger partial charge in [-0.25, -0.2) is 4.39 Å². The first-order chi connectivity index (χ1) is 11.8. The molecule has 0 unspecified atom stereocenters. The van der Waals surface area contributed by atoms with Gasteiger partial charge in [-0.15, -0.1) is 0 Å². The second-order valence-electron chi connectivity index (χ2n) is 5.59. The van der Waals surface area contributed by atoms with Crippen LogP contribution in [0.3, 0.4) is 0 Å². The summed E-state index contributed by atoms with van der Waals surface area (Å²) < 4.78 is 16.6. The number of benzene rings is 1. The fourth-order valence-corrected chi connectivity index (χ4v) is 3.06. The number of hydrogen-bond donors (Lipinski definition) is 1. The maximum atomic E-state index is 14.7. The van der Waals surface area contributed by atoms with Crippen molar-refractivity contribution in [2.45, 2.75) is 13.1 Å². The molecule has 1 aliphatic heterocycles. The van der Waals surface area contributed by atoms with Gasteiger partial charge in [0.25, 0.3) is 0 Å². The van der Waals surface area contributed by atoms with Crippen LogP contribution in [0.15, 0.2) is 42.7 Å². The molecule has 6 heteroatoms. The van der Waals surface area contributed by atoms with Gasteiger partial charge < -0.3 is 5.32 Å². The number of pyridine rings is 1. The summed E-state index contributed by atoms with van der Waals surface area (Å²) in [5.74, 6) is -0.529. The summed E-state index contributed by atoms with van der Waals surface area (Å²) in [6, 6.07) is 10.5.